The van der Waals surface area contributed by atoms with Gasteiger partial charge in [-0.25, -0.2) is 9.98 Å². The van der Waals surface area contributed by atoms with Crippen LogP contribution in [-0.4, -0.2) is 55.5 Å². The van der Waals surface area contributed by atoms with E-state index in [1.807, 2.05) is 6.20 Å². The van der Waals surface area contributed by atoms with Crippen LogP contribution < -0.4 is 10.6 Å². The monoisotopic (exact) mass is 393 g/mol. The number of hydrogen-bond donors (Lipinski definition) is 2. The van der Waals surface area contributed by atoms with Crippen molar-refractivity contribution in [2.45, 2.75) is 26.2 Å². The second kappa shape index (κ2) is 10.9. The first kappa shape index (κ1) is 20.4. The Bertz CT molecular complexity index is 694. The molecule has 0 spiro atoms. The topological polar surface area (TPSA) is 69.6 Å². The zero-order valence-electron chi connectivity index (χ0n) is 15.6. The summed E-state index contributed by atoms with van der Waals surface area (Å²) in [4.78, 5) is 24.8. The molecule has 0 aromatic carbocycles. The summed E-state index contributed by atoms with van der Waals surface area (Å²) < 4.78 is 0. The summed E-state index contributed by atoms with van der Waals surface area (Å²) in [6.45, 7) is 3.79. The lowest BCUT2D eigenvalue weighted by atomic mass is 10.3. The predicted octanol–water partition coefficient (Wildman–Crippen LogP) is 2.18. The molecule has 2 rings (SSSR count). The Balaban J connectivity index is 1.84. The number of hydrogen-bond acceptors (Lipinski definition) is 5. The molecular weight excluding hydrogens is 366 g/mol. The van der Waals surface area contributed by atoms with E-state index >= 15 is 0 Å². The van der Waals surface area contributed by atoms with Crippen LogP contribution in [0.4, 0.5) is 0 Å². The molecule has 0 atom stereocenters. The maximum atomic E-state index is 11.8. The zero-order valence-corrected chi connectivity index (χ0v) is 17.3. The highest BCUT2D eigenvalue weighted by molar-refractivity contribution is 7.11. The van der Waals surface area contributed by atoms with Crippen LogP contribution in [0.3, 0.4) is 0 Å². The molecule has 0 aliphatic carbocycles. The first-order chi connectivity index (χ1) is 12.6. The van der Waals surface area contributed by atoms with Gasteiger partial charge in [-0.05, 0) is 24.3 Å². The van der Waals surface area contributed by atoms with Crippen LogP contribution in [0.15, 0.2) is 28.7 Å². The Kier molecular flexibility index (Phi) is 8.57. The van der Waals surface area contributed by atoms with Gasteiger partial charge in [0.15, 0.2) is 5.96 Å². The van der Waals surface area contributed by atoms with E-state index in [0.717, 1.165) is 37.4 Å². The molecule has 0 aliphatic heterocycles. The number of aryl methyl sites for hydroxylation is 1. The Morgan fingerprint density at radius 2 is 2.00 bits per heavy atom. The molecule has 26 heavy (non-hydrogen) atoms. The fourth-order valence-electron chi connectivity index (χ4n) is 2.14. The van der Waals surface area contributed by atoms with Crippen LogP contribution in [0, 0.1) is 0 Å². The molecule has 0 radical (unpaired) electrons. The fourth-order valence-corrected chi connectivity index (χ4v) is 3.71. The van der Waals surface area contributed by atoms with Gasteiger partial charge in [0.1, 0.15) is 6.54 Å². The molecule has 142 valence electrons. The first-order valence-corrected chi connectivity index (χ1v) is 10.5. The summed E-state index contributed by atoms with van der Waals surface area (Å²) in [5, 5.41) is 9.82. The van der Waals surface area contributed by atoms with Gasteiger partial charge in [-0.3, -0.25) is 4.79 Å². The van der Waals surface area contributed by atoms with Crippen LogP contribution in [0.2, 0.25) is 0 Å². The fraction of sp³-hybridized carbons (Fsp3) is 0.500. The van der Waals surface area contributed by atoms with Crippen molar-refractivity contribution in [3.8, 4) is 0 Å². The molecule has 1 amide bonds. The van der Waals surface area contributed by atoms with Crippen molar-refractivity contribution < 1.29 is 4.79 Å². The van der Waals surface area contributed by atoms with Gasteiger partial charge in [-0.1, -0.05) is 13.0 Å². The summed E-state index contributed by atoms with van der Waals surface area (Å²) in [6, 6.07) is 4.18. The van der Waals surface area contributed by atoms with Crippen molar-refractivity contribution in [2.75, 3.05) is 33.7 Å². The van der Waals surface area contributed by atoms with Crippen LogP contribution in [-0.2, 0) is 24.1 Å². The van der Waals surface area contributed by atoms with Gasteiger partial charge in [-0.15, -0.1) is 22.7 Å². The van der Waals surface area contributed by atoms with E-state index < -0.39 is 0 Å². The molecule has 0 aliphatic rings. The predicted molar refractivity (Wildman–Crippen MR) is 110 cm³/mol. The minimum absolute atomic E-state index is 0.0168. The third kappa shape index (κ3) is 7.13. The highest BCUT2D eigenvalue weighted by atomic mass is 32.1. The third-order valence-electron chi connectivity index (χ3n) is 3.70. The van der Waals surface area contributed by atoms with E-state index in [2.05, 4.69) is 45.0 Å². The summed E-state index contributed by atoms with van der Waals surface area (Å²) in [5.74, 6) is 0.654. The Morgan fingerprint density at radius 1 is 1.23 bits per heavy atom. The van der Waals surface area contributed by atoms with Gasteiger partial charge >= 0.3 is 0 Å². The van der Waals surface area contributed by atoms with Crippen molar-refractivity contribution in [1.29, 1.82) is 0 Å². The van der Waals surface area contributed by atoms with Gasteiger partial charge < -0.3 is 15.5 Å². The Morgan fingerprint density at radius 3 is 2.62 bits per heavy atom. The number of aliphatic imine (C=N–C) groups is 1. The highest BCUT2D eigenvalue weighted by Crippen LogP contribution is 2.13. The van der Waals surface area contributed by atoms with Crippen molar-refractivity contribution in [3.63, 3.8) is 0 Å². The van der Waals surface area contributed by atoms with Crippen LogP contribution in [0.1, 0.15) is 21.7 Å². The van der Waals surface area contributed by atoms with Gasteiger partial charge in [0.2, 0.25) is 5.91 Å². The molecule has 2 aromatic rings. The van der Waals surface area contributed by atoms with Gasteiger partial charge in [0.25, 0.3) is 0 Å². The molecule has 8 heteroatoms. The maximum absolute atomic E-state index is 11.8. The van der Waals surface area contributed by atoms with Crippen LogP contribution >= 0.6 is 22.7 Å². The van der Waals surface area contributed by atoms with E-state index in [4.69, 9.17) is 0 Å². The number of amides is 1. The SMILES string of the molecule is CCc1cnc(CCNC(=NCC(=O)N(C)C)NCCc2cccs2)s1. The first-order valence-electron chi connectivity index (χ1n) is 8.76. The molecule has 6 nitrogen and oxygen atoms in total. The maximum Gasteiger partial charge on any atom is 0.243 e. The number of nitrogens with zero attached hydrogens (tertiary/aromatic N) is 3. The average Bonchev–Trinajstić information content (AvgIpc) is 3.30. The molecule has 0 fully saturated rings. The summed E-state index contributed by atoms with van der Waals surface area (Å²) in [7, 11) is 3.48. The molecule has 2 aromatic heterocycles. The normalized spacial score (nSPS) is 11.4. The Hall–Kier alpha value is -1.93. The van der Waals surface area contributed by atoms with Crippen molar-refractivity contribution in [1.82, 2.24) is 20.5 Å². The highest BCUT2D eigenvalue weighted by Gasteiger charge is 2.06. The summed E-state index contributed by atoms with van der Waals surface area (Å²) in [5.41, 5.74) is 0. The van der Waals surface area contributed by atoms with E-state index in [1.54, 1.807) is 41.7 Å². The number of guanidine groups is 1. The van der Waals surface area contributed by atoms with Crippen LogP contribution in [0.25, 0.3) is 0 Å². The largest absolute Gasteiger partial charge is 0.356 e. The quantitative estimate of drug-likeness (QED) is 0.506. The number of thiazole rings is 1. The molecule has 0 unspecified atom stereocenters. The third-order valence-corrected chi connectivity index (χ3v) is 5.83. The standard InChI is InChI=1S/C18H27N5OS2/c1-4-14-12-21-16(26-14)8-10-20-18(22-13-17(24)23(2)3)19-9-7-15-6-5-11-25-15/h5-6,11-12H,4,7-10,13H2,1-3H3,(H2,19,20,22). The minimum Gasteiger partial charge on any atom is -0.356 e. The zero-order chi connectivity index (χ0) is 18.8. The smallest absolute Gasteiger partial charge is 0.243 e. The molecule has 0 saturated heterocycles. The lowest BCUT2D eigenvalue weighted by Gasteiger charge is -2.13. The van der Waals surface area contributed by atoms with Crippen molar-refractivity contribution >= 4 is 34.5 Å². The van der Waals surface area contributed by atoms with Crippen LogP contribution in [0.5, 0.6) is 0 Å². The Labute approximate surface area is 163 Å². The van der Waals surface area contributed by atoms with E-state index in [-0.39, 0.29) is 12.5 Å². The molecule has 0 saturated carbocycles. The molecular formula is C18H27N5OS2. The van der Waals surface area contributed by atoms with E-state index in [1.165, 1.54) is 9.75 Å². The lowest BCUT2D eigenvalue weighted by molar-refractivity contribution is -0.127. The molecule has 0 bridgehead atoms. The number of thiophene rings is 1. The number of likely N-dealkylation sites (N-methyl/N-ethyl adjacent to an activating group) is 1. The molecule has 2 N–H and O–H groups in total. The van der Waals surface area contributed by atoms with Crippen molar-refractivity contribution in [3.05, 3.63) is 38.5 Å². The lowest BCUT2D eigenvalue weighted by Crippen LogP contribution is -2.40. The average molecular weight is 394 g/mol. The van der Waals surface area contributed by atoms with E-state index in [0.29, 0.717) is 5.96 Å². The summed E-state index contributed by atoms with van der Waals surface area (Å²) in [6.07, 6.45) is 4.75. The summed E-state index contributed by atoms with van der Waals surface area (Å²) >= 11 is 3.50. The number of nitrogens with one attached hydrogen (secondary N) is 2. The van der Waals surface area contributed by atoms with Crippen molar-refractivity contribution in [2.24, 2.45) is 4.99 Å². The van der Waals surface area contributed by atoms with E-state index in [9.17, 15) is 4.79 Å². The number of carbonyl (C=O) groups is 1. The van der Waals surface area contributed by atoms with Gasteiger partial charge in [0.05, 0.1) is 5.01 Å². The number of carbonyl (C=O) groups excluding carboxylic acids is 1. The second-order valence-electron chi connectivity index (χ2n) is 5.96. The number of rotatable bonds is 9. The number of aromatic nitrogens is 1. The molecule has 2 heterocycles. The second-order valence-corrected chi connectivity index (χ2v) is 8.19. The van der Waals surface area contributed by atoms with Gasteiger partial charge in [-0.2, -0.15) is 0 Å². The minimum atomic E-state index is -0.0168. The van der Waals surface area contributed by atoms with Gasteiger partial charge in [0, 0.05) is 49.6 Å².